The van der Waals surface area contributed by atoms with Gasteiger partial charge in [-0.2, -0.15) is 0 Å². The van der Waals surface area contributed by atoms with E-state index in [1.165, 1.54) is 18.2 Å². The third-order valence-corrected chi connectivity index (χ3v) is 5.05. The number of hydrogen-bond donors (Lipinski definition) is 1. The highest BCUT2D eigenvalue weighted by Gasteiger charge is 2.14. The van der Waals surface area contributed by atoms with E-state index in [4.69, 9.17) is 16.3 Å². The fourth-order valence-electron chi connectivity index (χ4n) is 1.32. The summed E-state index contributed by atoms with van der Waals surface area (Å²) in [5.41, 5.74) is 0. The topological polar surface area (TPSA) is 55.4 Å². The molecule has 0 heterocycles. The lowest BCUT2D eigenvalue weighted by molar-refractivity contribution is 0.136. The Kier molecular flexibility index (Phi) is 7.31. The first-order valence-corrected chi connectivity index (χ1v) is 8.65. The molecule has 0 amide bonds. The average molecular weight is 371 g/mol. The standard InChI is InChI=1S/C12H17BrClNO3S/c1-2-3-7-18-8-6-15-19(16,17)10-4-5-12(14)11(13)9-10/h4-5,9,15H,2-3,6-8H2,1H3. The van der Waals surface area contributed by atoms with Gasteiger partial charge in [0.05, 0.1) is 16.5 Å². The van der Waals surface area contributed by atoms with Gasteiger partial charge in [0.25, 0.3) is 0 Å². The minimum absolute atomic E-state index is 0.178. The van der Waals surface area contributed by atoms with Crippen molar-refractivity contribution in [2.45, 2.75) is 24.7 Å². The van der Waals surface area contributed by atoms with Gasteiger partial charge in [-0.3, -0.25) is 0 Å². The van der Waals surface area contributed by atoms with Crippen LogP contribution in [0, 0.1) is 0 Å². The van der Waals surface area contributed by atoms with Crippen LogP contribution in [-0.4, -0.2) is 28.2 Å². The molecule has 1 rings (SSSR count). The van der Waals surface area contributed by atoms with E-state index in [1.807, 2.05) is 0 Å². The Morgan fingerprint density at radius 3 is 2.74 bits per heavy atom. The van der Waals surface area contributed by atoms with Gasteiger partial charge in [0.1, 0.15) is 0 Å². The molecule has 0 atom stereocenters. The van der Waals surface area contributed by atoms with Crippen LogP contribution in [0.25, 0.3) is 0 Å². The van der Waals surface area contributed by atoms with Gasteiger partial charge in [0.2, 0.25) is 10.0 Å². The maximum Gasteiger partial charge on any atom is 0.240 e. The lowest BCUT2D eigenvalue weighted by Crippen LogP contribution is -2.27. The minimum Gasteiger partial charge on any atom is -0.380 e. The van der Waals surface area contributed by atoms with Gasteiger partial charge >= 0.3 is 0 Å². The summed E-state index contributed by atoms with van der Waals surface area (Å²) < 4.78 is 32.2. The molecule has 4 nitrogen and oxygen atoms in total. The molecule has 1 N–H and O–H groups in total. The molecule has 0 radical (unpaired) electrons. The lowest BCUT2D eigenvalue weighted by Gasteiger charge is -2.08. The summed E-state index contributed by atoms with van der Waals surface area (Å²) in [5, 5.41) is 0.474. The summed E-state index contributed by atoms with van der Waals surface area (Å²) in [6, 6.07) is 4.48. The van der Waals surface area contributed by atoms with E-state index in [0.29, 0.717) is 22.7 Å². The van der Waals surface area contributed by atoms with E-state index in [2.05, 4.69) is 27.6 Å². The zero-order valence-electron chi connectivity index (χ0n) is 10.7. The van der Waals surface area contributed by atoms with Crippen molar-refractivity contribution >= 4 is 37.6 Å². The second-order valence-corrected chi connectivity index (χ2v) is 6.97. The van der Waals surface area contributed by atoms with Crippen molar-refractivity contribution in [2.75, 3.05) is 19.8 Å². The molecule has 0 saturated carbocycles. The largest absolute Gasteiger partial charge is 0.380 e. The zero-order chi connectivity index (χ0) is 14.3. The van der Waals surface area contributed by atoms with Crippen molar-refractivity contribution < 1.29 is 13.2 Å². The molecule has 0 saturated heterocycles. The van der Waals surface area contributed by atoms with E-state index >= 15 is 0 Å². The Hall–Kier alpha value is -0.140. The van der Waals surface area contributed by atoms with E-state index in [1.54, 1.807) is 0 Å². The molecule has 7 heteroatoms. The predicted octanol–water partition coefficient (Wildman–Crippen LogP) is 3.20. The number of hydrogen-bond acceptors (Lipinski definition) is 3. The number of nitrogens with one attached hydrogen (secondary N) is 1. The molecule has 0 spiro atoms. The average Bonchev–Trinajstić information content (AvgIpc) is 2.36. The first-order valence-electron chi connectivity index (χ1n) is 6.00. The molecule has 1 aromatic rings. The van der Waals surface area contributed by atoms with Crippen molar-refractivity contribution in [3.05, 3.63) is 27.7 Å². The summed E-state index contributed by atoms with van der Waals surface area (Å²) in [7, 11) is -3.51. The number of halogens is 2. The summed E-state index contributed by atoms with van der Waals surface area (Å²) in [6.45, 7) is 3.36. The zero-order valence-corrected chi connectivity index (χ0v) is 13.8. The van der Waals surface area contributed by atoms with Crippen LogP contribution >= 0.6 is 27.5 Å². The molecule has 0 aliphatic rings. The fraction of sp³-hybridized carbons (Fsp3) is 0.500. The quantitative estimate of drug-likeness (QED) is 0.715. The first kappa shape index (κ1) is 16.9. The predicted molar refractivity (Wildman–Crippen MR) is 80.1 cm³/mol. The highest BCUT2D eigenvalue weighted by molar-refractivity contribution is 9.10. The minimum atomic E-state index is -3.51. The number of rotatable bonds is 8. The van der Waals surface area contributed by atoms with Crippen LogP contribution in [0.5, 0.6) is 0 Å². The van der Waals surface area contributed by atoms with E-state index in [-0.39, 0.29) is 11.4 Å². The van der Waals surface area contributed by atoms with Crippen LogP contribution in [0.4, 0.5) is 0 Å². The Bertz CT molecular complexity index is 508. The molecule has 0 unspecified atom stereocenters. The molecule has 0 aliphatic carbocycles. The Morgan fingerprint density at radius 1 is 1.37 bits per heavy atom. The second kappa shape index (κ2) is 8.21. The van der Waals surface area contributed by atoms with Crippen LogP contribution < -0.4 is 4.72 Å². The molecular weight excluding hydrogens is 354 g/mol. The van der Waals surface area contributed by atoms with Gasteiger partial charge in [-0.1, -0.05) is 24.9 Å². The fourth-order valence-corrected chi connectivity index (χ4v) is 3.01. The van der Waals surface area contributed by atoms with E-state index in [0.717, 1.165) is 12.8 Å². The molecule has 108 valence electrons. The smallest absolute Gasteiger partial charge is 0.240 e. The number of benzene rings is 1. The molecule has 1 aromatic carbocycles. The molecule has 0 aromatic heterocycles. The second-order valence-electron chi connectivity index (χ2n) is 3.94. The normalized spacial score (nSPS) is 11.7. The van der Waals surface area contributed by atoms with Gasteiger partial charge in [-0.25, -0.2) is 13.1 Å². The summed E-state index contributed by atoms with van der Waals surface area (Å²) in [6.07, 6.45) is 2.04. The molecule has 0 fully saturated rings. The van der Waals surface area contributed by atoms with E-state index in [9.17, 15) is 8.42 Å². The molecule has 0 aliphatic heterocycles. The number of sulfonamides is 1. The highest BCUT2D eigenvalue weighted by atomic mass is 79.9. The molecular formula is C12H17BrClNO3S. The van der Waals surface area contributed by atoms with Crippen molar-refractivity contribution in [2.24, 2.45) is 0 Å². The Morgan fingerprint density at radius 2 is 2.11 bits per heavy atom. The van der Waals surface area contributed by atoms with Crippen LogP contribution in [0.2, 0.25) is 5.02 Å². The van der Waals surface area contributed by atoms with Crippen LogP contribution in [0.15, 0.2) is 27.6 Å². The SMILES string of the molecule is CCCCOCCNS(=O)(=O)c1ccc(Cl)c(Br)c1. The van der Waals surface area contributed by atoms with Gasteiger partial charge in [0, 0.05) is 17.6 Å². The monoisotopic (exact) mass is 369 g/mol. The van der Waals surface area contributed by atoms with Crippen molar-refractivity contribution in [1.29, 1.82) is 0 Å². The van der Waals surface area contributed by atoms with Crippen LogP contribution in [0.3, 0.4) is 0 Å². The first-order chi connectivity index (χ1) is 8.97. The lowest BCUT2D eigenvalue weighted by atomic mass is 10.4. The molecule has 0 bridgehead atoms. The van der Waals surface area contributed by atoms with E-state index < -0.39 is 10.0 Å². The summed E-state index contributed by atoms with van der Waals surface area (Å²) >= 11 is 9.02. The van der Waals surface area contributed by atoms with Crippen LogP contribution in [-0.2, 0) is 14.8 Å². The summed E-state index contributed by atoms with van der Waals surface area (Å²) in [5.74, 6) is 0. The maximum absolute atomic E-state index is 12.0. The molecule has 19 heavy (non-hydrogen) atoms. The highest BCUT2D eigenvalue weighted by Crippen LogP contribution is 2.25. The third-order valence-electron chi connectivity index (χ3n) is 2.38. The Balaban J connectivity index is 2.49. The Labute approximate surface area is 127 Å². The third kappa shape index (κ3) is 5.79. The van der Waals surface area contributed by atoms with Crippen molar-refractivity contribution in [1.82, 2.24) is 4.72 Å². The van der Waals surface area contributed by atoms with Gasteiger partial charge in [-0.05, 0) is 40.5 Å². The van der Waals surface area contributed by atoms with Crippen molar-refractivity contribution in [3.63, 3.8) is 0 Å². The number of unbranched alkanes of at least 4 members (excludes halogenated alkanes) is 1. The van der Waals surface area contributed by atoms with Gasteiger partial charge in [-0.15, -0.1) is 0 Å². The van der Waals surface area contributed by atoms with Crippen LogP contribution in [0.1, 0.15) is 19.8 Å². The van der Waals surface area contributed by atoms with Gasteiger partial charge < -0.3 is 4.74 Å². The van der Waals surface area contributed by atoms with Gasteiger partial charge in [0.15, 0.2) is 0 Å². The summed E-state index contributed by atoms with van der Waals surface area (Å²) in [4.78, 5) is 0.178. The van der Waals surface area contributed by atoms with Crippen molar-refractivity contribution in [3.8, 4) is 0 Å². The maximum atomic E-state index is 12.0. The number of ether oxygens (including phenoxy) is 1.